The van der Waals surface area contributed by atoms with Crippen LogP contribution in [0.3, 0.4) is 0 Å². The molecular formula is C13H19N5OS. The zero-order valence-corrected chi connectivity index (χ0v) is 12.5. The fraction of sp³-hybridized carbons (Fsp3) is 0.462. The molecule has 0 atom stereocenters. The monoisotopic (exact) mass is 293 g/mol. The molecule has 0 radical (unpaired) electrons. The smallest absolute Gasteiger partial charge is 0.323 e. The Labute approximate surface area is 122 Å². The van der Waals surface area contributed by atoms with Crippen LogP contribution in [0.2, 0.25) is 0 Å². The summed E-state index contributed by atoms with van der Waals surface area (Å²) in [5.41, 5.74) is 7.00. The van der Waals surface area contributed by atoms with E-state index in [0.717, 1.165) is 12.8 Å². The Morgan fingerprint density at radius 2 is 2.15 bits per heavy atom. The third kappa shape index (κ3) is 3.80. The Hall–Kier alpha value is -1.89. The number of nitrogens with two attached hydrogens (primary N) is 1. The van der Waals surface area contributed by atoms with Gasteiger partial charge in [0.2, 0.25) is 11.9 Å². The van der Waals surface area contributed by atoms with Crippen molar-refractivity contribution >= 4 is 23.2 Å². The van der Waals surface area contributed by atoms with Crippen molar-refractivity contribution in [2.24, 2.45) is 0 Å². The van der Waals surface area contributed by atoms with Gasteiger partial charge in [0.25, 0.3) is 0 Å². The molecule has 0 saturated carbocycles. The lowest BCUT2D eigenvalue weighted by Crippen LogP contribution is -2.09. The zero-order valence-electron chi connectivity index (χ0n) is 11.7. The highest BCUT2D eigenvalue weighted by molar-refractivity contribution is 7.10. The standard InChI is InChI=1S/C13H19N5OS/c1-3-6-19-13-17-11(14)16-12(18-13)15-8-10-9(4-2)5-7-20-10/h5,7H,3-4,6,8H2,1-2H3,(H3,14,15,16,17,18). The zero-order chi connectivity index (χ0) is 14.4. The largest absolute Gasteiger partial charge is 0.463 e. The van der Waals surface area contributed by atoms with E-state index >= 15 is 0 Å². The van der Waals surface area contributed by atoms with Gasteiger partial charge in [0.05, 0.1) is 13.2 Å². The van der Waals surface area contributed by atoms with Gasteiger partial charge < -0.3 is 15.8 Å². The predicted molar refractivity (Wildman–Crippen MR) is 81.0 cm³/mol. The van der Waals surface area contributed by atoms with E-state index in [1.54, 1.807) is 11.3 Å². The number of anilines is 2. The van der Waals surface area contributed by atoms with Crippen LogP contribution in [0, 0.1) is 0 Å². The minimum atomic E-state index is 0.162. The first kappa shape index (κ1) is 14.5. The molecule has 2 aromatic heterocycles. The van der Waals surface area contributed by atoms with Crippen LogP contribution < -0.4 is 15.8 Å². The van der Waals surface area contributed by atoms with Crippen molar-refractivity contribution in [3.63, 3.8) is 0 Å². The van der Waals surface area contributed by atoms with Crippen LogP contribution in [0.5, 0.6) is 6.01 Å². The molecule has 3 N–H and O–H groups in total. The Bertz CT molecular complexity index is 557. The summed E-state index contributed by atoms with van der Waals surface area (Å²) >= 11 is 1.72. The van der Waals surface area contributed by atoms with Crippen molar-refractivity contribution < 1.29 is 4.74 Å². The first-order valence-electron chi connectivity index (χ1n) is 6.66. The minimum absolute atomic E-state index is 0.162. The topological polar surface area (TPSA) is 86.0 Å². The van der Waals surface area contributed by atoms with E-state index in [2.05, 4.69) is 38.6 Å². The van der Waals surface area contributed by atoms with Gasteiger partial charge >= 0.3 is 6.01 Å². The van der Waals surface area contributed by atoms with E-state index in [-0.39, 0.29) is 12.0 Å². The molecule has 0 unspecified atom stereocenters. The Kier molecular flexibility index (Phi) is 5.11. The molecule has 0 saturated heterocycles. The summed E-state index contributed by atoms with van der Waals surface area (Å²) < 4.78 is 5.38. The van der Waals surface area contributed by atoms with Gasteiger partial charge in [0, 0.05) is 4.88 Å². The fourth-order valence-corrected chi connectivity index (χ4v) is 2.62. The lowest BCUT2D eigenvalue weighted by atomic mass is 10.2. The number of hydrogen-bond donors (Lipinski definition) is 2. The lowest BCUT2D eigenvalue weighted by Gasteiger charge is -2.08. The number of hydrogen-bond acceptors (Lipinski definition) is 7. The van der Waals surface area contributed by atoms with E-state index in [4.69, 9.17) is 10.5 Å². The molecule has 20 heavy (non-hydrogen) atoms. The van der Waals surface area contributed by atoms with Crippen molar-refractivity contribution in [1.82, 2.24) is 15.0 Å². The van der Waals surface area contributed by atoms with Crippen molar-refractivity contribution in [2.75, 3.05) is 17.7 Å². The van der Waals surface area contributed by atoms with Gasteiger partial charge in [-0.05, 0) is 29.9 Å². The van der Waals surface area contributed by atoms with Crippen molar-refractivity contribution in [1.29, 1.82) is 0 Å². The van der Waals surface area contributed by atoms with Gasteiger partial charge in [-0.3, -0.25) is 0 Å². The second kappa shape index (κ2) is 7.04. The molecular weight excluding hydrogens is 274 g/mol. The van der Waals surface area contributed by atoms with Crippen LogP contribution in [-0.4, -0.2) is 21.6 Å². The second-order valence-electron chi connectivity index (χ2n) is 4.22. The Morgan fingerprint density at radius 1 is 1.30 bits per heavy atom. The molecule has 0 aliphatic heterocycles. The van der Waals surface area contributed by atoms with Gasteiger partial charge in [-0.15, -0.1) is 11.3 Å². The van der Waals surface area contributed by atoms with Crippen molar-refractivity contribution in [3.05, 3.63) is 21.9 Å². The van der Waals surface area contributed by atoms with E-state index in [9.17, 15) is 0 Å². The van der Waals surface area contributed by atoms with Gasteiger partial charge in [0.15, 0.2) is 0 Å². The van der Waals surface area contributed by atoms with Crippen LogP contribution in [0.4, 0.5) is 11.9 Å². The van der Waals surface area contributed by atoms with Gasteiger partial charge in [0.1, 0.15) is 0 Å². The number of rotatable bonds is 7. The molecule has 0 aliphatic carbocycles. The molecule has 7 heteroatoms. The number of nitrogens with one attached hydrogen (secondary N) is 1. The summed E-state index contributed by atoms with van der Waals surface area (Å²) in [6.45, 7) is 5.40. The highest BCUT2D eigenvalue weighted by Crippen LogP contribution is 2.19. The molecule has 0 fully saturated rings. The average molecular weight is 293 g/mol. The average Bonchev–Trinajstić information content (AvgIpc) is 2.90. The number of nitrogen functional groups attached to an aromatic ring is 1. The number of aromatic nitrogens is 3. The molecule has 108 valence electrons. The summed E-state index contributed by atoms with van der Waals surface area (Å²) in [6, 6.07) is 2.41. The number of nitrogens with zero attached hydrogens (tertiary/aromatic N) is 3. The lowest BCUT2D eigenvalue weighted by molar-refractivity contribution is 0.292. The SMILES string of the molecule is CCCOc1nc(N)nc(NCc2sccc2CC)n1. The van der Waals surface area contributed by atoms with Crippen LogP contribution in [-0.2, 0) is 13.0 Å². The first-order chi connectivity index (χ1) is 9.72. The third-order valence-corrected chi connectivity index (χ3v) is 3.66. The summed E-state index contributed by atoms with van der Waals surface area (Å²) in [5.74, 6) is 0.606. The van der Waals surface area contributed by atoms with Crippen molar-refractivity contribution in [3.8, 4) is 6.01 Å². The molecule has 0 bridgehead atoms. The first-order valence-corrected chi connectivity index (χ1v) is 7.54. The summed E-state index contributed by atoms with van der Waals surface area (Å²) in [5, 5.41) is 5.26. The summed E-state index contributed by atoms with van der Waals surface area (Å²) in [6.07, 6.45) is 1.91. The van der Waals surface area contributed by atoms with Crippen molar-refractivity contribution in [2.45, 2.75) is 33.2 Å². The molecule has 2 rings (SSSR count). The van der Waals surface area contributed by atoms with Gasteiger partial charge in [-0.25, -0.2) is 0 Å². The van der Waals surface area contributed by atoms with E-state index < -0.39 is 0 Å². The molecule has 0 amide bonds. The Balaban J connectivity index is 2.03. The van der Waals surface area contributed by atoms with E-state index in [1.165, 1.54) is 10.4 Å². The highest BCUT2D eigenvalue weighted by Gasteiger charge is 2.07. The molecule has 2 aromatic rings. The second-order valence-corrected chi connectivity index (χ2v) is 5.23. The van der Waals surface area contributed by atoms with E-state index in [0.29, 0.717) is 19.1 Å². The fourth-order valence-electron chi connectivity index (χ4n) is 1.71. The van der Waals surface area contributed by atoms with E-state index in [1.807, 2.05) is 6.92 Å². The maximum Gasteiger partial charge on any atom is 0.323 e. The molecule has 0 aromatic carbocycles. The highest BCUT2D eigenvalue weighted by atomic mass is 32.1. The van der Waals surface area contributed by atoms with Crippen LogP contribution in [0.1, 0.15) is 30.7 Å². The third-order valence-electron chi connectivity index (χ3n) is 2.69. The van der Waals surface area contributed by atoms with Crippen LogP contribution in [0.25, 0.3) is 0 Å². The van der Waals surface area contributed by atoms with Gasteiger partial charge in [-0.1, -0.05) is 13.8 Å². The van der Waals surface area contributed by atoms with Crippen LogP contribution in [0.15, 0.2) is 11.4 Å². The molecule has 2 heterocycles. The summed E-state index contributed by atoms with van der Waals surface area (Å²) in [4.78, 5) is 13.5. The minimum Gasteiger partial charge on any atom is -0.463 e. The molecule has 0 aliphatic rings. The van der Waals surface area contributed by atoms with Crippen LogP contribution >= 0.6 is 11.3 Å². The maximum atomic E-state index is 5.66. The van der Waals surface area contributed by atoms with Gasteiger partial charge in [-0.2, -0.15) is 15.0 Å². The predicted octanol–water partition coefficient (Wildman–Crippen LogP) is 2.48. The normalized spacial score (nSPS) is 10.5. The molecule has 6 nitrogen and oxygen atoms in total. The number of ether oxygens (including phenoxy) is 1. The Morgan fingerprint density at radius 3 is 2.90 bits per heavy atom. The summed E-state index contributed by atoms with van der Waals surface area (Å²) in [7, 11) is 0. The molecule has 0 spiro atoms. The number of aryl methyl sites for hydroxylation is 1. The maximum absolute atomic E-state index is 5.66. The number of thiophene rings is 1. The quantitative estimate of drug-likeness (QED) is 0.815.